The summed E-state index contributed by atoms with van der Waals surface area (Å²) >= 11 is 0. The molecule has 3 aromatic rings. The Bertz CT molecular complexity index is 1110. The molecule has 0 unspecified atom stereocenters. The minimum Gasteiger partial charge on any atom is -0.454 e. The summed E-state index contributed by atoms with van der Waals surface area (Å²) in [5, 5.41) is 7.27. The number of carbonyl (C=O) groups is 1. The van der Waals surface area contributed by atoms with Crippen LogP contribution in [-0.4, -0.2) is 27.5 Å². The number of carbonyl (C=O) groups excluding carboxylic acids is 1. The number of aromatic nitrogens is 3. The molecule has 1 N–H and O–H groups in total. The van der Waals surface area contributed by atoms with Crippen molar-refractivity contribution < 1.29 is 14.3 Å². The molecule has 0 aliphatic carbocycles. The van der Waals surface area contributed by atoms with Gasteiger partial charge in [-0.25, -0.2) is 4.68 Å². The number of fused-ring (bicyclic) bond motifs is 1. The number of hydrogen-bond acceptors (Lipinski definition) is 6. The maximum Gasteiger partial charge on any atom is 0.267 e. The standard InChI is InChI=1S/C21H20N4O4/c1-21(2,20(27)23-12-15-5-3-4-10-22-15)25-19(26)9-7-16(24-25)14-6-8-17-18(11-14)29-13-28-17/h3-11H,12-13H2,1-2H3,(H,23,27). The van der Waals surface area contributed by atoms with Crippen LogP contribution in [0.4, 0.5) is 0 Å². The van der Waals surface area contributed by atoms with Crippen LogP contribution in [0.2, 0.25) is 0 Å². The van der Waals surface area contributed by atoms with E-state index in [1.165, 1.54) is 10.7 Å². The Kier molecular flexibility index (Phi) is 4.75. The average molecular weight is 392 g/mol. The third kappa shape index (κ3) is 3.69. The van der Waals surface area contributed by atoms with E-state index in [0.29, 0.717) is 17.2 Å². The Balaban J connectivity index is 1.60. The monoisotopic (exact) mass is 392 g/mol. The largest absolute Gasteiger partial charge is 0.454 e. The van der Waals surface area contributed by atoms with E-state index in [1.54, 1.807) is 44.3 Å². The van der Waals surface area contributed by atoms with Gasteiger partial charge in [-0.15, -0.1) is 0 Å². The highest BCUT2D eigenvalue weighted by Gasteiger charge is 2.32. The van der Waals surface area contributed by atoms with Crippen LogP contribution in [0.25, 0.3) is 11.3 Å². The molecular weight excluding hydrogens is 372 g/mol. The lowest BCUT2D eigenvalue weighted by atomic mass is 10.0. The molecule has 0 saturated carbocycles. The predicted molar refractivity (Wildman–Crippen MR) is 105 cm³/mol. The van der Waals surface area contributed by atoms with Crippen molar-refractivity contribution in [3.8, 4) is 22.8 Å². The fourth-order valence-corrected chi connectivity index (χ4v) is 3.01. The zero-order valence-electron chi connectivity index (χ0n) is 16.1. The molecule has 0 atom stereocenters. The Labute approximate surface area is 167 Å². The van der Waals surface area contributed by atoms with Crippen molar-refractivity contribution in [2.75, 3.05) is 6.79 Å². The van der Waals surface area contributed by atoms with Gasteiger partial charge in [0.1, 0.15) is 5.54 Å². The van der Waals surface area contributed by atoms with Crippen LogP contribution in [0.5, 0.6) is 11.5 Å². The van der Waals surface area contributed by atoms with Gasteiger partial charge in [0.15, 0.2) is 11.5 Å². The first-order valence-electron chi connectivity index (χ1n) is 9.14. The predicted octanol–water partition coefficient (Wildman–Crippen LogP) is 2.09. The summed E-state index contributed by atoms with van der Waals surface area (Å²) in [5.41, 5.74) is 0.470. The fraction of sp³-hybridized carbons (Fsp3) is 0.238. The number of rotatable bonds is 5. The minimum absolute atomic E-state index is 0.176. The van der Waals surface area contributed by atoms with E-state index in [1.807, 2.05) is 18.2 Å². The summed E-state index contributed by atoms with van der Waals surface area (Å²) in [6, 6.07) is 13.9. The molecule has 3 heterocycles. The quantitative estimate of drug-likeness (QED) is 0.714. The number of ether oxygens (including phenoxy) is 2. The number of nitrogens with one attached hydrogen (secondary N) is 1. The average Bonchev–Trinajstić information content (AvgIpc) is 3.20. The molecule has 0 radical (unpaired) electrons. The van der Waals surface area contributed by atoms with Crippen LogP contribution in [0, 0.1) is 0 Å². The molecule has 1 aliphatic heterocycles. The first kappa shape index (κ1) is 18.7. The highest BCUT2D eigenvalue weighted by molar-refractivity contribution is 5.83. The number of benzene rings is 1. The second kappa shape index (κ2) is 7.38. The molecule has 0 saturated heterocycles. The number of nitrogens with zero attached hydrogens (tertiary/aromatic N) is 3. The van der Waals surface area contributed by atoms with Gasteiger partial charge in [0.2, 0.25) is 12.7 Å². The van der Waals surface area contributed by atoms with E-state index < -0.39 is 5.54 Å². The van der Waals surface area contributed by atoms with Crippen molar-refractivity contribution in [3.63, 3.8) is 0 Å². The molecule has 0 spiro atoms. The van der Waals surface area contributed by atoms with E-state index in [0.717, 1.165) is 11.3 Å². The van der Waals surface area contributed by atoms with E-state index in [4.69, 9.17) is 9.47 Å². The van der Waals surface area contributed by atoms with Crippen molar-refractivity contribution in [2.24, 2.45) is 0 Å². The number of pyridine rings is 1. The number of hydrogen-bond donors (Lipinski definition) is 1. The van der Waals surface area contributed by atoms with Crippen LogP contribution >= 0.6 is 0 Å². The molecule has 0 fully saturated rings. The first-order valence-corrected chi connectivity index (χ1v) is 9.14. The third-order valence-electron chi connectivity index (χ3n) is 4.71. The molecule has 2 aromatic heterocycles. The van der Waals surface area contributed by atoms with E-state index in [-0.39, 0.29) is 24.8 Å². The Morgan fingerprint density at radius 1 is 1.14 bits per heavy atom. The maximum absolute atomic E-state index is 12.8. The van der Waals surface area contributed by atoms with Crippen LogP contribution in [0.3, 0.4) is 0 Å². The van der Waals surface area contributed by atoms with Crippen LogP contribution in [0.15, 0.2) is 59.5 Å². The molecule has 0 bridgehead atoms. The molecule has 4 rings (SSSR count). The highest BCUT2D eigenvalue weighted by atomic mass is 16.7. The summed E-state index contributed by atoms with van der Waals surface area (Å²) in [4.78, 5) is 29.5. The molecule has 8 nitrogen and oxygen atoms in total. The van der Waals surface area contributed by atoms with Gasteiger partial charge >= 0.3 is 0 Å². The zero-order chi connectivity index (χ0) is 20.4. The van der Waals surface area contributed by atoms with Gasteiger partial charge in [-0.3, -0.25) is 14.6 Å². The van der Waals surface area contributed by atoms with Crippen LogP contribution < -0.4 is 20.3 Å². The SMILES string of the molecule is CC(C)(C(=O)NCc1ccccn1)n1nc(-c2ccc3c(c2)OCO3)ccc1=O. The normalized spacial score (nSPS) is 12.6. The summed E-state index contributed by atoms with van der Waals surface area (Å²) in [7, 11) is 0. The third-order valence-corrected chi connectivity index (χ3v) is 4.71. The van der Waals surface area contributed by atoms with Crippen molar-refractivity contribution in [3.05, 3.63) is 70.8 Å². The van der Waals surface area contributed by atoms with Gasteiger partial charge in [0, 0.05) is 17.8 Å². The van der Waals surface area contributed by atoms with Gasteiger partial charge in [-0.2, -0.15) is 5.10 Å². The fourth-order valence-electron chi connectivity index (χ4n) is 3.01. The van der Waals surface area contributed by atoms with Crippen molar-refractivity contribution in [2.45, 2.75) is 25.9 Å². The molecule has 1 aliphatic rings. The Hall–Kier alpha value is -3.68. The molecular formula is C21H20N4O4. The van der Waals surface area contributed by atoms with Gasteiger partial charge in [-0.1, -0.05) is 6.07 Å². The lowest BCUT2D eigenvalue weighted by Crippen LogP contribution is -2.49. The zero-order valence-corrected chi connectivity index (χ0v) is 16.1. The van der Waals surface area contributed by atoms with Crippen LogP contribution in [0.1, 0.15) is 19.5 Å². The second-order valence-electron chi connectivity index (χ2n) is 7.10. The molecule has 1 aromatic carbocycles. The van der Waals surface area contributed by atoms with E-state index in [2.05, 4.69) is 15.4 Å². The minimum atomic E-state index is -1.20. The topological polar surface area (TPSA) is 95.3 Å². The highest BCUT2D eigenvalue weighted by Crippen LogP contribution is 2.35. The summed E-state index contributed by atoms with van der Waals surface area (Å²) in [6.45, 7) is 3.74. The lowest BCUT2D eigenvalue weighted by Gasteiger charge is -2.25. The van der Waals surface area contributed by atoms with E-state index in [9.17, 15) is 9.59 Å². The Morgan fingerprint density at radius 3 is 2.76 bits per heavy atom. The lowest BCUT2D eigenvalue weighted by molar-refractivity contribution is -0.129. The van der Waals surface area contributed by atoms with Gasteiger partial charge in [0.25, 0.3) is 5.56 Å². The molecule has 148 valence electrons. The molecule has 1 amide bonds. The van der Waals surface area contributed by atoms with Gasteiger partial charge in [0.05, 0.1) is 17.9 Å². The van der Waals surface area contributed by atoms with Gasteiger partial charge in [-0.05, 0) is 50.2 Å². The van der Waals surface area contributed by atoms with Crippen molar-refractivity contribution in [1.29, 1.82) is 0 Å². The van der Waals surface area contributed by atoms with E-state index >= 15 is 0 Å². The van der Waals surface area contributed by atoms with Gasteiger partial charge < -0.3 is 14.8 Å². The molecule has 8 heteroatoms. The Morgan fingerprint density at radius 2 is 1.97 bits per heavy atom. The maximum atomic E-state index is 12.8. The van der Waals surface area contributed by atoms with Crippen molar-refractivity contribution in [1.82, 2.24) is 20.1 Å². The second-order valence-corrected chi connectivity index (χ2v) is 7.10. The summed E-state index contributed by atoms with van der Waals surface area (Å²) in [5.74, 6) is 0.950. The summed E-state index contributed by atoms with van der Waals surface area (Å²) in [6.07, 6.45) is 1.66. The smallest absolute Gasteiger partial charge is 0.267 e. The molecule has 29 heavy (non-hydrogen) atoms. The van der Waals surface area contributed by atoms with Crippen LogP contribution in [-0.2, 0) is 16.9 Å². The van der Waals surface area contributed by atoms with Crippen molar-refractivity contribution >= 4 is 5.91 Å². The first-order chi connectivity index (χ1) is 13.9. The number of amides is 1. The summed E-state index contributed by atoms with van der Waals surface area (Å²) < 4.78 is 11.9.